The van der Waals surface area contributed by atoms with Gasteiger partial charge in [-0.05, 0) is 83.9 Å². The number of furan rings is 1. The average Bonchev–Trinajstić information content (AvgIpc) is 3.51. The third-order valence-electron chi connectivity index (χ3n) is 9.45. The second-order valence-corrected chi connectivity index (χ2v) is 12.1. The number of nitrogens with zero attached hydrogens (tertiary/aromatic N) is 2. The molecule has 1 aromatic heterocycles. The number of anilines is 6. The number of hydrogen-bond acceptors (Lipinski definition) is 3. The molecule has 0 saturated carbocycles. The highest BCUT2D eigenvalue weighted by molar-refractivity contribution is 6.14. The first-order valence-electron chi connectivity index (χ1n) is 16.3. The minimum atomic E-state index is 0.766. The summed E-state index contributed by atoms with van der Waals surface area (Å²) in [5, 5.41) is 5.94. The molecule has 0 aliphatic carbocycles. The Labute approximate surface area is 279 Å². The molecule has 1 aliphatic heterocycles. The molecule has 0 radical (unpaired) electrons. The monoisotopic (exact) mass is 616 g/mol. The third-order valence-corrected chi connectivity index (χ3v) is 9.45. The highest BCUT2D eigenvalue weighted by Gasteiger charge is 2.26. The van der Waals surface area contributed by atoms with Gasteiger partial charge in [-0.2, -0.15) is 0 Å². The molecule has 228 valence electrons. The highest BCUT2D eigenvalue weighted by atomic mass is 16.3. The van der Waals surface area contributed by atoms with Crippen molar-refractivity contribution in [1.29, 1.82) is 0 Å². The Kier molecular flexibility index (Phi) is 6.51. The lowest BCUT2D eigenvalue weighted by atomic mass is 9.91. The molecule has 0 N–H and O–H groups in total. The summed E-state index contributed by atoms with van der Waals surface area (Å²) in [6, 6.07) is 52.3. The maximum atomic E-state index is 6.34. The van der Waals surface area contributed by atoms with Crippen molar-refractivity contribution in [3.8, 4) is 11.1 Å². The second-order valence-electron chi connectivity index (χ2n) is 12.1. The van der Waals surface area contributed by atoms with Gasteiger partial charge in [0.05, 0.1) is 28.1 Å². The van der Waals surface area contributed by atoms with Crippen LogP contribution in [0.15, 0.2) is 163 Å². The summed E-state index contributed by atoms with van der Waals surface area (Å²) >= 11 is 0. The predicted octanol–water partition coefficient (Wildman–Crippen LogP) is 13.3. The van der Waals surface area contributed by atoms with Gasteiger partial charge >= 0.3 is 0 Å². The van der Waals surface area contributed by atoms with E-state index in [2.05, 4.69) is 168 Å². The van der Waals surface area contributed by atoms with Gasteiger partial charge in [-0.15, -0.1) is 0 Å². The number of benzene rings is 7. The first-order chi connectivity index (χ1) is 23.7. The van der Waals surface area contributed by atoms with Crippen LogP contribution in [0.5, 0.6) is 0 Å². The van der Waals surface area contributed by atoms with Gasteiger partial charge in [0.15, 0.2) is 0 Å². The molecule has 0 fully saturated rings. The van der Waals surface area contributed by atoms with Crippen molar-refractivity contribution in [2.24, 2.45) is 0 Å². The van der Waals surface area contributed by atoms with Gasteiger partial charge in [0.25, 0.3) is 0 Å². The fourth-order valence-corrected chi connectivity index (χ4v) is 7.44. The normalized spacial score (nSPS) is 12.2. The van der Waals surface area contributed by atoms with E-state index in [0.29, 0.717) is 0 Å². The number of para-hydroxylation sites is 1. The van der Waals surface area contributed by atoms with Crippen molar-refractivity contribution in [2.45, 2.75) is 6.92 Å². The predicted molar refractivity (Wildman–Crippen MR) is 204 cm³/mol. The summed E-state index contributed by atoms with van der Waals surface area (Å²) in [6.07, 6.45) is 5.97. The SMILES string of the molecule is C=Cc1oc2cccc(N(c3ccc(N4c5ccccc5-c5cccc6cccc4c56)cc3)c3cccc4ccccc34)c2c1/C=C\C. The van der Waals surface area contributed by atoms with Crippen molar-refractivity contribution in [3.63, 3.8) is 0 Å². The summed E-state index contributed by atoms with van der Waals surface area (Å²) in [4.78, 5) is 4.76. The first-order valence-corrected chi connectivity index (χ1v) is 16.3. The Balaban J connectivity index is 1.27. The van der Waals surface area contributed by atoms with Crippen LogP contribution in [0.4, 0.5) is 34.1 Å². The third kappa shape index (κ3) is 4.21. The van der Waals surface area contributed by atoms with Crippen LogP contribution in [0.25, 0.3) is 55.8 Å². The Morgan fingerprint density at radius 3 is 2.12 bits per heavy atom. The van der Waals surface area contributed by atoms with Crippen LogP contribution in [-0.4, -0.2) is 0 Å². The lowest BCUT2D eigenvalue weighted by Crippen LogP contribution is -2.15. The van der Waals surface area contributed by atoms with Gasteiger partial charge in [-0.3, -0.25) is 0 Å². The van der Waals surface area contributed by atoms with Crippen molar-refractivity contribution in [3.05, 3.63) is 170 Å². The molecule has 0 saturated heterocycles. The minimum Gasteiger partial charge on any atom is -0.456 e. The zero-order valence-corrected chi connectivity index (χ0v) is 26.6. The van der Waals surface area contributed by atoms with E-state index < -0.39 is 0 Å². The molecule has 0 atom stereocenters. The van der Waals surface area contributed by atoms with E-state index in [9.17, 15) is 0 Å². The first kappa shape index (κ1) is 27.9. The van der Waals surface area contributed by atoms with Gasteiger partial charge in [-0.25, -0.2) is 0 Å². The van der Waals surface area contributed by atoms with E-state index in [-0.39, 0.29) is 0 Å². The molecule has 8 aromatic rings. The van der Waals surface area contributed by atoms with E-state index in [1.165, 1.54) is 44.0 Å². The van der Waals surface area contributed by atoms with Gasteiger partial charge < -0.3 is 14.2 Å². The molecule has 3 nitrogen and oxygen atoms in total. The fraction of sp³-hybridized carbons (Fsp3) is 0.0222. The van der Waals surface area contributed by atoms with Crippen LogP contribution < -0.4 is 9.80 Å². The topological polar surface area (TPSA) is 19.6 Å². The molecule has 0 bridgehead atoms. The van der Waals surface area contributed by atoms with Crippen molar-refractivity contribution < 1.29 is 4.42 Å². The number of rotatable bonds is 6. The molecule has 1 aliphatic rings. The fourth-order valence-electron chi connectivity index (χ4n) is 7.44. The van der Waals surface area contributed by atoms with E-state index in [1.54, 1.807) is 6.08 Å². The largest absolute Gasteiger partial charge is 0.456 e. The summed E-state index contributed by atoms with van der Waals surface area (Å²) in [5.41, 5.74) is 11.0. The smallest absolute Gasteiger partial charge is 0.137 e. The molecule has 3 heteroatoms. The van der Waals surface area contributed by atoms with Crippen LogP contribution in [0.1, 0.15) is 18.2 Å². The van der Waals surface area contributed by atoms with E-state index >= 15 is 0 Å². The standard InChI is InChI=1S/C45H32N2O/c1-3-13-37-42(4-2)48-43-25-12-24-41(45(37)43)46(38-22-10-15-30-14-5-6-18-34(30)38)32-26-28-33(29-27-32)47-39-21-8-7-19-35(39)36-20-9-16-31-17-11-23-40(47)44(31)36/h3-29H,2H2,1H3/b13-3-. The number of fused-ring (bicyclic) bond motifs is 4. The zero-order chi connectivity index (χ0) is 32.2. The maximum absolute atomic E-state index is 6.34. The van der Waals surface area contributed by atoms with Crippen LogP contribution in [0.2, 0.25) is 0 Å². The van der Waals surface area contributed by atoms with Gasteiger partial charge in [-0.1, -0.05) is 110 Å². The van der Waals surface area contributed by atoms with E-state index in [1.807, 2.05) is 13.0 Å². The van der Waals surface area contributed by atoms with Crippen molar-refractivity contribution >= 4 is 78.8 Å². The average molecular weight is 617 g/mol. The maximum Gasteiger partial charge on any atom is 0.137 e. The summed E-state index contributed by atoms with van der Waals surface area (Å²) < 4.78 is 6.34. The number of hydrogen-bond donors (Lipinski definition) is 0. The molecule has 9 rings (SSSR count). The Hall–Kier alpha value is -6.32. The number of allylic oxidation sites excluding steroid dienone is 1. The van der Waals surface area contributed by atoms with Gasteiger partial charge in [0.2, 0.25) is 0 Å². The molecule has 2 heterocycles. The molecule has 0 amide bonds. The summed E-state index contributed by atoms with van der Waals surface area (Å²) in [6.45, 7) is 6.09. The summed E-state index contributed by atoms with van der Waals surface area (Å²) in [7, 11) is 0. The van der Waals surface area contributed by atoms with Crippen LogP contribution in [0.3, 0.4) is 0 Å². The lowest BCUT2D eigenvalue weighted by molar-refractivity contribution is 0.603. The van der Waals surface area contributed by atoms with Crippen molar-refractivity contribution in [2.75, 3.05) is 9.80 Å². The van der Waals surface area contributed by atoms with E-state index in [0.717, 1.165) is 45.0 Å². The van der Waals surface area contributed by atoms with Crippen LogP contribution in [0, 0.1) is 0 Å². The van der Waals surface area contributed by atoms with Gasteiger partial charge in [0.1, 0.15) is 11.3 Å². The quantitative estimate of drug-likeness (QED) is 0.185. The van der Waals surface area contributed by atoms with Gasteiger partial charge in [0, 0.05) is 33.3 Å². The molecule has 0 spiro atoms. The molecule has 0 unspecified atom stereocenters. The van der Waals surface area contributed by atoms with Crippen molar-refractivity contribution in [1.82, 2.24) is 0 Å². The zero-order valence-electron chi connectivity index (χ0n) is 26.6. The van der Waals surface area contributed by atoms with Crippen LogP contribution >= 0.6 is 0 Å². The lowest BCUT2D eigenvalue weighted by Gasteiger charge is -2.34. The van der Waals surface area contributed by atoms with Crippen LogP contribution in [-0.2, 0) is 0 Å². The molecule has 48 heavy (non-hydrogen) atoms. The minimum absolute atomic E-state index is 0.766. The molecule has 7 aromatic carbocycles. The summed E-state index contributed by atoms with van der Waals surface area (Å²) in [5.74, 6) is 0.766. The van der Waals surface area contributed by atoms with E-state index in [4.69, 9.17) is 4.42 Å². The Morgan fingerprint density at radius 1 is 0.604 bits per heavy atom. The Bertz CT molecular complexity index is 2540. The second kappa shape index (κ2) is 11.2. The highest BCUT2D eigenvalue weighted by Crippen LogP contribution is 2.51. The molecular formula is C45H32N2O. The Morgan fingerprint density at radius 2 is 1.27 bits per heavy atom. The molecular weight excluding hydrogens is 585 g/mol.